The highest BCUT2D eigenvalue weighted by molar-refractivity contribution is 7.89. The molecule has 0 atom stereocenters. The predicted molar refractivity (Wildman–Crippen MR) is 47.4 cm³/mol. The molecule has 2 N–H and O–H groups in total. The number of benzene rings is 1. The molecule has 0 aliphatic rings. The lowest BCUT2D eigenvalue weighted by Crippen LogP contribution is -2.13. The first-order chi connectivity index (χ1) is 5.55. The molecule has 0 radical (unpaired) electrons. The van der Waals surface area contributed by atoms with E-state index in [0.717, 1.165) is 0 Å². The lowest BCUT2D eigenvalue weighted by molar-refractivity contribution is 0.597. The highest BCUT2D eigenvalue weighted by Crippen LogP contribution is 2.15. The van der Waals surface area contributed by atoms with Crippen LogP contribution >= 0.6 is 11.6 Å². The molecule has 3 nitrogen and oxygen atoms in total. The van der Waals surface area contributed by atoms with Crippen LogP contribution in [0.25, 0.3) is 0 Å². The van der Waals surface area contributed by atoms with E-state index in [-0.39, 0.29) is 10.8 Å². The van der Waals surface area contributed by atoms with Crippen LogP contribution in [0.2, 0.25) is 0 Å². The summed E-state index contributed by atoms with van der Waals surface area (Å²) in [6.45, 7) is 0. The van der Waals surface area contributed by atoms with Gasteiger partial charge in [-0.1, -0.05) is 18.2 Å². The van der Waals surface area contributed by atoms with E-state index in [9.17, 15) is 8.42 Å². The molecule has 0 spiro atoms. The summed E-state index contributed by atoms with van der Waals surface area (Å²) in [6.07, 6.45) is 0. The molecule has 1 aromatic rings. The Morgan fingerprint density at radius 2 is 1.92 bits per heavy atom. The van der Waals surface area contributed by atoms with E-state index in [1.54, 1.807) is 18.2 Å². The molecule has 0 saturated carbocycles. The van der Waals surface area contributed by atoms with Gasteiger partial charge in [-0.3, -0.25) is 0 Å². The highest BCUT2D eigenvalue weighted by atomic mass is 35.5. The Bertz CT molecular complexity index is 375. The molecule has 1 rings (SSSR count). The summed E-state index contributed by atoms with van der Waals surface area (Å²) in [5, 5.41) is 4.95. The Morgan fingerprint density at radius 1 is 1.33 bits per heavy atom. The Morgan fingerprint density at radius 3 is 2.33 bits per heavy atom. The number of hydrogen-bond acceptors (Lipinski definition) is 2. The van der Waals surface area contributed by atoms with E-state index in [1.165, 1.54) is 6.07 Å². The zero-order valence-electron chi connectivity index (χ0n) is 6.20. The number of alkyl halides is 1. The van der Waals surface area contributed by atoms with E-state index in [2.05, 4.69) is 0 Å². The van der Waals surface area contributed by atoms with Gasteiger partial charge in [-0.15, -0.1) is 11.6 Å². The number of nitrogens with two attached hydrogens (primary N) is 1. The van der Waals surface area contributed by atoms with Crippen molar-refractivity contribution >= 4 is 21.6 Å². The third-order valence-electron chi connectivity index (χ3n) is 1.42. The van der Waals surface area contributed by atoms with Crippen molar-refractivity contribution < 1.29 is 8.42 Å². The lowest BCUT2D eigenvalue weighted by Gasteiger charge is -2.02. The third-order valence-corrected chi connectivity index (χ3v) is 2.72. The maximum absolute atomic E-state index is 10.9. The Balaban J connectivity index is 3.33. The second-order valence-corrected chi connectivity index (χ2v) is 4.08. The van der Waals surface area contributed by atoms with Gasteiger partial charge in [0.1, 0.15) is 0 Å². The number of halogens is 1. The van der Waals surface area contributed by atoms with Crippen LogP contribution in [0.15, 0.2) is 29.2 Å². The molecule has 0 aliphatic heterocycles. The van der Waals surface area contributed by atoms with Crippen molar-refractivity contribution in [3.8, 4) is 0 Å². The molecular formula is C7H8ClNO2S. The van der Waals surface area contributed by atoms with E-state index < -0.39 is 10.0 Å². The van der Waals surface area contributed by atoms with E-state index in [1.807, 2.05) is 0 Å². The molecule has 0 aromatic heterocycles. The van der Waals surface area contributed by atoms with Crippen LogP contribution in [-0.2, 0) is 15.9 Å². The minimum atomic E-state index is -3.63. The molecule has 0 amide bonds. The Hall–Kier alpha value is -0.580. The maximum Gasteiger partial charge on any atom is 0.238 e. The van der Waals surface area contributed by atoms with Gasteiger partial charge < -0.3 is 0 Å². The smallest absolute Gasteiger partial charge is 0.225 e. The minimum absolute atomic E-state index is 0.0972. The second-order valence-electron chi connectivity index (χ2n) is 2.29. The summed E-state index contributed by atoms with van der Waals surface area (Å²) < 4.78 is 21.9. The van der Waals surface area contributed by atoms with Gasteiger partial charge in [-0.05, 0) is 11.6 Å². The molecule has 0 heterocycles. The third kappa shape index (κ3) is 1.97. The SMILES string of the molecule is NS(=O)(=O)c1ccccc1CCl. The number of primary sulfonamides is 1. The van der Waals surface area contributed by atoms with E-state index >= 15 is 0 Å². The number of sulfonamides is 1. The van der Waals surface area contributed by atoms with Gasteiger partial charge in [0.25, 0.3) is 0 Å². The maximum atomic E-state index is 10.9. The average Bonchev–Trinajstić information content (AvgIpc) is 2.03. The monoisotopic (exact) mass is 205 g/mol. The van der Waals surface area contributed by atoms with Gasteiger partial charge in [-0.2, -0.15) is 0 Å². The van der Waals surface area contributed by atoms with Crippen molar-refractivity contribution in [1.82, 2.24) is 0 Å². The quantitative estimate of drug-likeness (QED) is 0.735. The normalized spacial score (nSPS) is 11.5. The number of rotatable bonds is 2. The first kappa shape index (κ1) is 9.51. The van der Waals surface area contributed by atoms with Crippen LogP contribution in [-0.4, -0.2) is 8.42 Å². The zero-order chi connectivity index (χ0) is 9.19. The van der Waals surface area contributed by atoms with E-state index in [4.69, 9.17) is 16.7 Å². The summed E-state index contributed by atoms with van der Waals surface area (Å²) in [5.74, 6) is 0.145. The molecule has 0 bridgehead atoms. The van der Waals surface area contributed by atoms with Crippen molar-refractivity contribution in [3.63, 3.8) is 0 Å². The fourth-order valence-corrected chi connectivity index (χ4v) is 1.98. The molecule has 0 aliphatic carbocycles. The molecule has 66 valence electrons. The number of hydrogen-bond donors (Lipinski definition) is 1. The van der Waals surface area contributed by atoms with Gasteiger partial charge >= 0.3 is 0 Å². The summed E-state index contributed by atoms with van der Waals surface area (Å²) in [7, 11) is -3.63. The van der Waals surface area contributed by atoms with Gasteiger partial charge in [-0.25, -0.2) is 13.6 Å². The first-order valence-electron chi connectivity index (χ1n) is 3.22. The van der Waals surface area contributed by atoms with Crippen LogP contribution in [0.1, 0.15) is 5.56 Å². The van der Waals surface area contributed by atoms with Gasteiger partial charge in [0.15, 0.2) is 0 Å². The van der Waals surface area contributed by atoms with Crippen LogP contribution in [0, 0.1) is 0 Å². The van der Waals surface area contributed by atoms with Gasteiger partial charge in [0.05, 0.1) is 4.90 Å². The first-order valence-corrected chi connectivity index (χ1v) is 5.30. The molecule has 12 heavy (non-hydrogen) atoms. The Labute approximate surface area is 76.2 Å². The fourth-order valence-electron chi connectivity index (χ4n) is 0.892. The molecule has 5 heteroatoms. The topological polar surface area (TPSA) is 60.2 Å². The van der Waals surface area contributed by atoms with Crippen molar-refractivity contribution in [2.75, 3.05) is 0 Å². The van der Waals surface area contributed by atoms with Crippen molar-refractivity contribution in [2.45, 2.75) is 10.8 Å². The molecule has 0 saturated heterocycles. The van der Waals surface area contributed by atoms with Crippen LogP contribution in [0.3, 0.4) is 0 Å². The zero-order valence-corrected chi connectivity index (χ0v) is 7.77. The fraction of sp³-hybridized carbons (Fsp3) is 0.143. The van der Waals surface area contributed by atoms with Crippen molar-refractivity contribution in [2.24, 2.45) is 5.14 Å². The highest BCUT2D eigenvalue weighted by Gasteiger charge is 2.11. The van der Waals surface area contributed by atoms with Gasteiger partial charge in [0.2, 0.25) is 10.0 Å². The lowest BCUT2D eigenvalue weighted by atomic mass is 10.2. The van der Waals surface area contributed by atoms with Gasteiger partial charge in [0, 0.05) is 5.88 Å². The van der Waals surface area contributed by atoms with E-state index in [0.29, 0.717) is 5.56 Å². The van der Waals surface area contributed by atoms with Crippen LogP contribution in [0.4, 0.5) is 0 Å². The van der Waals surface area contributed by atoms with Crippen molar-refractivity contribution in [3.05, 3.63) is 29.8 Å². The largest absolute Gasteiger partial charge is 0.238 e. The molecule has 0 fully saturated rings. The van der Waals surface area contributed by atoms with Crippen LogP contribution in [0.5, 0.6) is 0 Å². The Kier molecular flexibility index (Phi) is 2.72. The second kappa shape index (κ2) is 3.43. The van der Waals surface area contributed by atoms with Crippen molar-refractivity contribution in [1.29, 1.82) is 0 Å². The minimum Gasteiger partial charge on any atom is -0.225 e. The molecule has 1 aromatic carbocycles. The average molecular weight is 206 g/mol. The molecular weight excluding hydrogens is 198 g/mol. The predicted octanol–water partition coefficient (Wildman–Crippen LogP) is 1.07. The summed E-state index contributed by atoms with van der Waals surface area (Å²) in [5.41, 5.74) is 0.529. The molecule has 0 unspecified atom stereocenters. The van der Waals surface area contributed by atoms with Crippen LogP contribution < -0.4 is 5.14 Å². The summed E-state index contributed by atoms with van der Waals surface area (Å²) in [4.78, 5) is 0.0972. The summed E-state index contributed by atoms with van der Waals surface area (Å²) >= 11 is 5.52. The summed E-state index contributed by atoms with van der Waals surface area (Å²) in [6, 6.07) is 6.39. The standard InChI is InChI=1S/C7H8ClNO2S/c8-5-6-3-1-2-4-7(6)12(9,10)11/h1-4H,5H2,(H2,9,10,11).